The molecule has 1 atom stereocenters. The molecule has 1 unspecified atom stereocenters. The summed E-state index contributed by atoms with van der Waals surface area (Å²) in [6.45, 7) is 0. The van der Waals surface area contributed by atoms with Crippen molar-refractivity contribution in [3.63, 3.8) is 0 Å². The molecule has 3 nitrogen and oxygen atoms in total. The summed E-state index contributed by atoms with van der Waals surface area (Å²) in [7, 11) is 1.71. The van der Waals surface area contributed by atoms with Crippen LogP contribution < -0.4 is 10.1 Å². The fraction of sp³-hybridized carbons (Fsp3) is 0.632. The van der Waals surface area contributed by atoms with Crippen molar-refractivity contribution in [1.82, 2.24) is 5.32 Å². The van der Waals surface area contributed by atoms with Gasteiger partial charge in [0.2, 0.25) is 5.91 Å². The van der Waals surface area contributed by atoms with Gasteiger partial charge >= 0.3 is 0 Å². The van der Waals surface area contributed by atoms with Crippen LogP contribution in [0, 0.1) is 5.92 Å². The van der Waals surface area contributed by atoms with E-state index in [0.29, 0.717) is 6.42 Å². The summed E-state index contributed by atoms with van der Waals surface area (Å²) in [4.78, 5) is 12.2. The Morgan fingerprint density at radius 1 is 1.23 bits per heavy atom. The zero-order valence-corrected chi connectivity index (χ0v) is 13.6. The third-order valence-corrected chi connectivity index (χ3v) is 5.24. The van der Waals surface area contributed by atoms with Crippen LogP contribution in [0.4, 0.5) is 0 Å². The van der Waals surface area contributed by atoms with Gasteiger partial charge in [-0.05, 0) is 42.4 Å². The lowest BCUT2D eigenvalue weighted by molar-refractivity contribution is -0.122. The Kier molecular flexibility index (Phi) is 5.01. The molecule has 2 aliphatic rings. The second kappa shape index (κ2) is 7.17. The van der Waals surface area contributed by atoms with Gasteiger partial charge < -0.3 is 10.1 Å². The third-order valence-electron chi connectivity index (χ3n) is 5.24. The maximum atomic E-state index is 12.2. The number of carbonyl (C=O) groups is 1. The van der Waals surface area contributed by atoms with E-state index in [2.05, 4.69) is 11.4 Å². The van der Waals surface area contributed by atoms with Gasteiger partial charge in [0.1, 0.15) is 5.75 Å². The molecule has 0 radical (unpaired) electrons. The van der Waals surface area contributed by atoms with Crippen molar-refractivity contribution in [3.05, 3.63) is 29.3 Å². The smallest absolute Gasteiger partial charge is 0.220 e. The van der Waals surface area contributed by atoms with Crippen molar-refractivity contribution in [3.8, 4) is 5.75 Å². The quantitative estimate of drug-likeness (QED) is 0.901. The molecular formula is C19H27NO2. The van der Waals surface area contributed by atoms with Crippen LogP contribution in [-0.4, -0.2) is 19.1 Å². The van der Waals surface area contributed by atoms with Crippen molar-refractivity contribution in [2.75, 3.05) is 7.11 Å². The molecule has 1 aromatic rings. The summed E-state index contributed by atoms with van der Waals surface area (Å²) in [5.74, 6) is 1.96. The van der Waals surface area contributed by atoms with Crippen LogP contribution in [0.1, 0.15) is 56.1 Å². The molecule has 1 fully saturated rings. The summed E-state index contributed by atoms with van der Waals surface area (Å²) < 4.78 is 5.42. The first-order valence-electron chi connectivity index (χ1n) is 8.70. The highest BCUT2D eigenvalue weighted by molar-refractivity contribution is 5.76. The van der Waals surface area contributed by atoms with Crippen molar-refractivity contribution in [1.29, 1.82) is 0 Å². The van der Waals surface area contributed by atoms with Gasteiger partial charge in [-0.15, -0.1) is 0 Å². The van der Waals surface area contributed by atoms with E-state index in [1.54, 1.807) is 7.11 Å². The van der Waals surface area contributed by atoms with Crippen molar-refractivity contribution in [2.24, 2.45) is 5.92 Å². The average Bonchev–Trinajstić information content (AvgIpc) is 2.96. The summed E-state index contributed by atoms with van der Waals surface area (Å²) >= 11 is 0. The molecule has 0 spiro atoms. The second-order valence-corrected chi connectivity index (χ2v) is 6.81. The van der Waals surface area contributed by atoms with Crippen molar-refractivity contribution >= 4 is 5.91 Å². The maximum absolute atomic E-state index is 12.2. The molecule has 0 aliphatic heterocycles. The Labute approximate surface area is 133 Å². The Hall–Kier alpha value is -1.51. The van der Waals surface area contributed by atoms with Gasteiger partial charge in [-0.25, -0.2) is 0 Å². The van der Waals surface area contributed by atoms with E-state index in [9.17, 15) is 4.79 Å². The number of rotatable bonds is 5. The molecule has 1 N–H and O–H groups in total. The Bertz CT molecular complexity index is 520. The van der Waals surface area contributed by atoms with Gasteiger partial charge in [0.15, 0.2) is 0 Å². The lowest BCUT2D eigenvalue weighted by atomic mass is 9.86. The maximum Gasteiger partial charge on any atom is 0.220 e. The van der Waals surface area contributed by atoms with E-state index in [1.807, 2.05) is 12.1 Å². The van der Waals surface area contributed by atoms with E-state index in [1.165, 1.54) is 43.2 Å². The van der Waals surface area contributed by atoms with Crippen LogP contribution in [0.5, 0.6) is 5.75 Å². The van der Waals surface area contributed by atoms with Crippen LogP contribution >= 0.6 is 0 Å². The minimum atomic E-state index is 0.224. The van der Waals surface area contributed by atoms with E-state index in [4.69, 9.17) is 4.74 Å². The topological polar surface area (TPSA) is 38.3 Å². The number of methoxy groups -OCH3 is 1. The van der Waals surface area contributed by atoms with E-state index < -0.39 is 0 Å². The SMILES string of the molecule is COc1cccc2c1CC(NC(=O)CCC1CCCCC1)C2. The first-order chi connectivity index (χ1) is 10.8. The standard InChI is InChI=1S/C19H27NO2/c1-22-18-9-5-8-15-12-16(13-17(15)18)20-19(21)11-10-14-6-3-2-4-7-14/h5,8-9,14,16H,2-4,6-7,10-13H2,1H3,(H,20,21). The molecule has 0 bridgehead atoms. The van der Waals surface area contributed by atoms with Crippen molar-refractivity contribution < 1.29 is 9.53 Å². The largest absolute Gasteiger partial charge is 0.496 e. The normalized spacial score (nSPS) is 21.4. The minimum absolute atomic E-state index is 0.224. The molecule has 0 aromatic heterocycles. The second-order valence-electron chi connectivity index (χ2n) is 6.81. The molecule has 0 saturated heterocycles. The number of carbonyl (C=O) groups excluding carboxylic acids is 1. The number of hydrogen-bond acceptors (Lipinski definition) is 2. The van der Waals surface area contributed by atoms with Gasteiger partial charge in [-0.3, -0.25) is 4.79 Å². The summed E-state index contributed by atoms with van der Waals surface area (Å²) in [6.07, 6.45) is 10.3. The first kappa shape index (κ1) is 15.4. The van der Waals surface area contributed by atoms with E-state index in [0.717, 1.165) is 30.9 Å². The van der Waals surface area contributed by atoms with Crippen LogP contribution in [-0.2, 0) is 17.6 Å². The van der Waals surface area contributed by atoms with Gasteiger partial charge in [0.05, 0.1) is 7.11 Å². The Morgan fingerprint density at radius 3 is 2.82 bits per heavy atom. The summed E-state index contributed by atoms with van der Waals surface area (Å²) in [6, 6.07) is 6.42. The molecule has 3 rings (SSSR count). The number of amides is 1. The molecule has 1 aromatic carbocycles. The minimum Gasteiger partial charge on any atom is -0.496 e. The van der Waals surface area contributed by atoms with E-state index in [-0.39, 0.29) is 11.9 Å². The predicted octanol–water partition coefficient (Wildman–Crippen LogP) is 3.64. The highest BCUT2D eigenvalue weighted by atomic mass is 16.5. The third kappa shape index (κ3) is 3.63. The van der Waals surface area contributed by atoms with Crippen LogP contribution in [0.2, 0.25) is 0 Å². The lowest BCUT2D eigenvalue weighted by Gasteiger charge is -2.21. The Morgan fingerprint density at radius 2 is 2.05 bits per heavy atom. The van der Waals surface area contributed by atoms with Gasteiger partial charge in [-0.2, -0.15) is 0 Å². The fourth-order valence-corrected chi connectivity index (χ4v) is 4.02. The van der Waals surface area contributed by atoms with Crippen molar-refractivity contribution in [2.45, 2.75) is 63.8 Å². The number of hydrogen-bond donors (Lipinski definition) is 1. The monoisotopic (exact) mass is 301 g/mol. The molecule has 1 amide bonds. The first-order valence-corrected chi connectivity index (χ1v) is 8.70. The molecule has 22 heavy (non-hydrogen) atoms. The molecule has 120 valence electrons. The summed E-state index contributed by atoms with van der Waals surface area (Å²) in [5.41, 5.74) is 2.58. The molecule has 2 aliphatic carbocycles. The van der Waals surface area contributed by atoms with Gasteiger partial charge in [-0.1, -0.05) is 44.2 Å². The molecule has 1 saturated carbocycles. The zero-order valence-electron chi connectivity index (χ0n) is 13.6. The van der Waals surface area contributed by atoms with Gasteiger partial charge in [0, 0.05) is 12.5 Å². The van der Waals surface area contributed by atoms with Gasteiger partial charge in [0.25, 0.3) is 0 Å². The predicted molar refractivity (Wildman–Crippen MR) is 88.1 cm³/mol. The highest BCUT2D eigenvalue weighted by Crippen LogP contribution is 2.31. The molecular weight excluding hydrogens is 274 g/mol. The van der Waals surface area contributed by atoms with E-state index >= 15 is 0 Å². The number of benzene rings is 1. The fourth-order valence-electron chi connectivity index (χ4n) is 4.02. The molecule has 3 heteroatoms. The lowest BCUT2D eigenvalue weighted by Crippen LogP contribution is -2.35. The summed E-state index contributed by atoms with van der Waals surface area (Å²) in [5, 5.41) is 3.22. The van der Waals surface area contributed by atoms with Crippen LogP contribution in [0.25, 0.3) is 0 Å². The number of ether oxygens (including phenoxy) is 1. The van der Waals surface area contributed by atoms with Crippen LogP contribution in [0.15, 0.2) is 18.2 Å². The number of nitrogens with one attached hydrogen (secondary N) is 1. The zero-order chi connectivity index (χ0) is 15.4. The highest BCUT2D eigenvalue weighted by Gasteiger charge is 2.25. The molecule has 0 heterocycles. The average molecular weight is 301 g/mol. The van der Waals surface area contributed by atoms with Crippen LogP contribution in [0.3, 0.4) is 0 Å². The Balaban J connectivity index is 1.47. The number of fused-ring (bicyclic) bond motifs is 1.